The highest BCUT2D eigenvalue weighted by atomic mass is 127. The van der Waals surface area contributed by atoms with Gasteiger partial charge in [-0.15, -0.1) is 24.0 Å². The Morgan fingerprint density at radius 2 is 1.92 bits per heavy atom. The van der Waals surface area contributed by atoms with Crippen LogP contribution in [-0.2, 0) is 11.3 Å². The van der Waals surface area contributed by atoms with Gasteiger partial charge in [-0.3, -0.25) is 9.98 Å². The zero-order valence-corrected chi connectivity index (χ0v) is 17.3. The van der Waals surface area contributed by atoms with Crippen LogP contribution in [0.15, 0.2) is 41.5 Å². The summed E-state index contributed by atoms with van der Waals surface area (Å²) in [6.07, 6.45) is 5.34. The largest absolute Gasteiger partial charge is 0.374 e. The summed E-state index contributed by atoms with van der Waals surface area (Å²) >= 11 is 0. The zero-order valence-electron chi connectivity index (χ0n) is 15.0. The van der Waals surface area contributed by atoms with Gasteiger partial charge in [-0.05, 0) is 24.3 Å². The summed E-state index contributed by atoms with van der Waals surface area (Å²) in [5.74, 6) is 2.37. The van der Waals surface area contributed by atoms with Crippen molar-refractivity contribution in [2.45, 2.75) is 31.6 Å². The van der Waals surface area contributed by atoms with Crippen LogP contribution in [0.3, 0.4) is 0 Å². The fourth-order valence-corrected chi connectivity index (χ4v) is 4.95. The van der Waals surface area contributed by atoms with Gasteiger partial charge < -0.3 is 15.0 Å². The third-order valence-corrected chi connectivity index (χ3v) is 6.13. The average molecular weight is 464 g/mol. The molecule has 5 rings (SSSR count). The SMILES string of the molecule is CN=C(NCc1nccc2ccccc12)N1CC2C3CCC(O3)C2C1.I. The number of benzene rings is 1. The van der Waals surface area contributed by atoms with Gasteiger partial charge in [-0.1, -0.05) is 24.3 Å². The first kappa shape index (κ1) is 18.0. The number of hydrogen-bond acceptors (Lipinski definition) is 3. The molecule has 3 aliphatic rings. The van der Waals surface area contributed by atoms with Gasteiger partial charge in [0.05, 0.1) is 24.4 Å². The number of halogens is 1. The van der Waals surface area contributed by atoms with Crippen LogP contribution in [0.4, 0.5) is 0 Å². The van der Waals surface area contributed by atoms with Crippen molar-refractivity contribution in [1.82, 2.24) is 15.2 Å². The number of nitrogens with zero attached hydrogens (tertiary/aromatic N) is 3. The number of ether oxygens (including phenoxy) is 1. The molecule has 0 saturated carbocycles. The first-order valence-electron chi connectivity index (χ1n) is 9.27. The lowest BCUT2D eigenvalue weighted by molar-refractivity contribution is 0.0767. The Morgan fingerprint density at radius 3 is 2.65 bits per heavy atom. The van der Waals surface area contributed by atoms with E-state index in [1.54, 1.807) is 0 Å². The first-order chi connectivity index (χ1) is 12.3. The summed E-state index contributed by atoms with van der Waals surface area (Å²) in [6.45, 7) is 2.83. The van der Waals surface area contributed by atoms with E-state index in [-0.39, 0.29) is 24.0 Å². The maximum Gasteiger partial charge on any atom is 0.193 e. The Labute approximate surface area is 171 Å². The highest BCUT2D eigenvalue weighted by Gasteiger charge is 2.53. The van der Waals surface area contributed by atoms with E-state index >= 15 is 0 Å². The van der Waals surface area contributed by atoms with Crippen LogP contribution in [-0.4, -0.2) is 48.2 Å². The molecule has 1 aromatic carbocycles. The standard InChI is InChI=1S/C20H24N4O.HI/c1-21-20(24-11-15-16(12-24)19-7-6-18(15)25-19)23-10-17-14-5-3-2-4-13(14)8-9-22-17;/h2-5,8-9,15-16,18-19H,6-7,10-12H2,1H3,(H,21,23);1H. The predicted octanol–water partition coefficient (Wildman–Crippen LogP) is 3.04. The van der Waals surface area contributed by atoms with Crippen LogP contribution < -0.4 is 5.32 Å². The van der Waals surface area contributed by atoms with Crippen LogP contribution in [0, 0.1) is 11.8 Å². The van der Waals surface area contributed by atoms with E-state index in [1.807, 2.05) is 13.2 Å². The summed E-state index contributed by atoms with van der Waals surface area (Å²) in [6, 6.07) is 10.5. The molecule has 138 valence electrons. The molecule has 4 heterocycles. The van der Waals surface area contributed by atoms with Gasteiger partial charge >= 0.3 is 0 Å². The molecule has 1 aromatic heterocycles. The Kier molecular flexibility index (Phi) is 5.05. The van der Waals surface area contributed by atoms with Crippen molar-refractivity contribution in [3.8, 4) is 0 Å². The van der Waals surface area contributed by atoms with Crippen LogP contribution in [0.1, 0.15) is 18.5 Å². The summed E-state index contributed by atoms with van der Waals surface area (Å²) in [7, 11) is 1.87. The van der Waals surface area contributed by atoms with E-state index < -0.39 is 0 Å². The number of hydrogen-bond donors (Lipinski definition) is 1. The molecule has 3 aliphatic heterocycles. The van der Waals surface area contributed by atoms with E-state index in [2.05, 4.69) is 50.5 Å². The van der Waals surface area contributed by atoms with Crippen LogP contribution in [0.25, 0.3) is 10.8 Å². The van der Waals surface area contributed by atoms with Gasteiger partial charge in [-0.25, -0.2) is 0 Å². The zero-order chi connectivity index (χ0) is 16.8. The quantitative estimate of drug-likeness (QED) is 0.422. The van der Waals surface area contributed by atoms with E-state index in [4.69, 9.17) is 4.74 Å². The molecule has 1 N–H and O–H groups in total. The number of likely N-dealkylation sites (tertiary alicyclic amines) is 1. The van der Waals surface area contributed by atoms with E-state index in [1.165, 1.54) is 23.6 Å². The van der Waals surface area contributed by atoms with Gasteiger partial charge in [0.1, 0.15) is 0 Å². The maximum atomic E-state index is 6.08. The Morgan fingerprint density at radius 1 is 1.19 bits per heavy atom. The molecule has 6 heteroatoms. The number of fused-ring (bicyclic) bond motifs is 6. The van der Waals surface area contributed by atoms with E-state index in [0.717, 1.165) is 24.7 Å². The third-order valence-electron chi connectivity index (χ3n) is 6.13. The predicted molar refractivity (Wildman–Crippen MR) is 114 cm³/mol. The molecule has 4 atom stereocenters. The smallest absolute Gasteiger partial charge is 0.193 e. The average Bonchev–Trinajstić information content (AvgIpc) is 3.35. The van der Waals surface area contributed by atoms with Gasteiger partial charge in [0.15, 0.2) is 5.96 Å². The molecule has 3 saturated heterocycles. The molecule has 0 spiro atoms. The molecule has 0 radical (unpaired) electrons. The van der Waals surface area contributed by atoms with Crippen molar-refractivity contribution in [2.24, 2.45) is 16.8 Å². The van der Waals surface area contributed by atoms with E-state index in [9.17, 15) is 0 Å². The number of guanidine groups is 1. The van der Waals surface area contributed by atoms with Crippen molar-refractivity contribution < 1.29 is 4.74 Å². The summed E-state index contributed by atoms with van der Waals surface area (Å²) in [4.78, 5) is 11.5. The Balaban J connectivity index is 0.00000168. The lowest BCUT2D eigenvalue weighted by atomic mass is 9.82. The number of pyridine rings is 1. The van der Waals surface area contributed by atoms with E-state index in [0.29, 0.717) is 30.6 Å². The lowest BCUT2D eigenvalue weighted by Gasteiger charge is -2.23. The van der Waals surface area contributed by atoms with Crippen molar-refractivity contribution in [3.05, 3.63) is 42.2 Å². The van der Waals surface area contributed by atoms with Crippen molar-refractivity contribution in [1.29, 1.82) is 0 Å². The summed E-state index contributed by atoms with van der Waals surface area (Å²) < 4.78 is 6.08. The van der Waals surface area contributed by atoms with Gasteiger partial charge in [0.2, 0.25) is 0 Å². The molecular formula is C20H25IN4O. The number of aromatic nitrogens is 1. The first-order valence-corrected chi connectivity index (χ1v) is 9.27. The normalized spacial score (nSPS) is 29.7. The molecule has 0 aliphatic carbocycles. The number of nitrogens with one attached hydrogen (secondary N) is 1. The van der Waals surface area contributed by atoms with Gasteiger partial charge in [0.25, 0.3) is 0 Å². The van der Waals surface area contributed by atoms with Crippen LogP contribution in [0.2, 0.25) is 0 Å². The second kappa shape index (κ2) is 7.31. The molecule has 4 unspecified atom stereocenters. The second-order valence-corrected chi connectivity index (χ2v) is 7.40. The molecule has 2 aromatic rings. The Bertz CT molecular complexity index is 803. The molecule has 26 heavy (non-hydrogen) atoms. The minimum absolute atomic E-state index is 0. The fourth-order valence-electron chi connectivity index (χ4n) is 4.95. The lowest BCUT2D eigenvalue weighted by Crippen LogP contribution is -2.41. The molecule has 5 nitrogen and oxygen atoms in total. The van der Waals surface area contributed by atoms with Crippen molar-refractivity contribution >= 4 is 40.7 Å². The second-order valence-electron chi connectivity index (χ2n) is 7.40. The minimum Gasteiger partial charge on any atom is -0.374 e. The number of aliphatic imine (C=N–C) groups is 1. The molecule has 2 bridgehead atoms. The highest BCUT2D eigenvalue weighted by Crippen LogP contribution is 2.47. The van der Waals surface area contributed by atoms with Crippen molar-refractivity contribution in [3.63, 3.8) is 0 Å². The fraction of sp³-hybridized carbons (Fsp3) is 0.500. The summed E-state index contributed by atoms with van der Waals surface area (Å²) in [5.41, 5.74) is 1.07. The molecular weight excluding hydrogens is 439 g/mol. The van der Waals surface area contributed by atoms with Gasteiger partial charge in [0, 0.05) is 43.6 Å². The molecule has 3 fully saturated rings. The molecule has 0 amide bonds. The number of rotatable bonds is 2. The summed E-state index contributed by atoms with van der Waals surface area (Å²) in [5, 5.41) is 5.97. The topological polar surface area (TPSA) is 49.8 Å². The monoisotopic (exact) mass is 464 g/mol. The van der Waals surface area contributed by atoms with Crippen molar-refractivity contribution in [2.75, 3.05) is 20.1 Å². The maximum absolute atomic E-state index is 6.08. The Hall–Kier alpha value is -1.41. The van der Waals surface area contributed by atoms with Crippen LogP contribution in [0.5, 0.6) is 0 Å². The van der Waals surface area contributed by atoms with Gasteiger partial charge in [-0.2, -0.15) is 0 Å². The minimum atomic E-state index is 0. The third kappa shape index (κ3) is 2.97. The van der Waals surface area contributed by atoms with Crippen LogP contribution >= 0.6 is 24.0 Å². The highest BCUT2D eigenvalue weighted by molar-refractivity contribution is 14.0.